The third-order valence-electron chi connectivity index (χ3n) is 5.34. The molecule has 0 aliphatic carbocycles. The lowest BCUT2D eigenvalue weighted by molar-refractivity contribution is 0.121. The lowest BCUT2D eigenvalue weighted by Gasteiger charge is -2.30. The molecule has 0 saturated carbocycles. The first-order valence-electron chi connectivity index (χ1n) is 9.94. The standard InChI is InChI=1S/C20H24N6O3/c27-13-15-2-1-3-16(12-15)26-14-21-17-18(24-4-8-28-9-5-24)22-20(23-19(17)26)25-6-10-29-11-7-25/h1-3,12,14,27H,4-11,13H2. The molecule has 0 unspecified atom stereocenters. The number of aromatic nitrogens is 4. The minimum absolute atomic E-state index is 0.00644. The monoisotopic (exact) mass is 396 g/mol. The number of aliphatic hydroxyl groups excluding tert-OH is 1. The van der Waals surface area contributed by atoms with Gasteiger partial charge in [0, 0.05) is 31.9 Å². The molecule has 2 saturated heterocycles. The number of fused-ring (bicyclic) bond motifs is 1. The summed E-state index contributed by atoms with van der Waals surface area (Å²) in [5, 5.41) is 9.51. The Morgan fingerprint density at radius 1 is 0.931 bits per heavy atom. The van der Waals surface area contributed by atoms with Crippen LogP contribution in [0.4, 0.5) is 11.8 Å². The molecule has 4 heterocycles. The zero-order valence-electron chi connectivity index (χ0n) is 16.2. The Balaban J connectivity index is 1.65. The predicted octanol–water partition coefficient (Wildman–Crippen LogP) is 0.981. The van der Waals surface area contributed by atoms with E-state index in [9.17, 15) is 5.11 Å². The lowest BCUT2D eigenvalue weighted by atomic mass is 10.2. The van der Waals surface area contributed by atoms with Crippen molar-refractivity contribution in [2.75, 3.05) is 62.4 Å². The average Bonchev–Trinajstić information content (AvgIpc) is 3.24. The molecule has 2 aliphatic rings. The van der Waals surface area contributed by atoms with Crippen LogP contribution in [0.1, 0.15) is 5.56 Å². The number of anilines is 2. The van der Waals surface area contributed by atoms with Crippen molar-refractivity contribution in [2.45, 2.75) is 6.61 Å². The molecule has 1 N–H and O–H groups in total. The normalized spacial score (nSPS) is 17.8. The van der Waals surface area contributed by atoms with Gasteiger partial charge in [-0.25, -0.2) is 4.98 Å². The van der Waals surface area contributed by atoms with Crippen LogP contribution < -0.4 is 9.80 Å². The van der Waals surface area contributed by atoms with E-state index in [1.807, 2.05) is 28.8 Å². The molecule has 0 spiro atoms. The van der Waals surface area contributed by atoms with Crippen molar-refractivity contribution in [3.63, 3.8) is 0 Å². The van der Waals surface area contributed by atoms with E-state index in [-0.39, 0.29) is 6.61 Å². The first-order chi connectivity index (χ1) is 14.3. The largest absolute Gasteiger partial charge is 0.392 e. The Morgan fingerprint density at radius 2 is 1.66 bits per heavy atom. The third kappa shape index (κ3) is 3.52. The maximum absolute atomic E-state index is 9.51. The molecule has 0 bridgehead atoms. The molecule has 2 aliphatic heterocycles. The van der Waals surface area contributed by atoms with Crippen LogP contribution in [0.15, 0.2) is 30.6 Å². The summed E-state index contributed by atoms with van der Waals surface area (Å²) < 4.78 is 13.0. The number of hydrogen-bond donors (Lipinski definition) is 1. The number of rotatable bonds is 4. The van der Waals surface area contributed by atoms with E-state index < -0.39 is 0 Å². The van der Waals surface area contributed by atoms with Crippen molar-refractivity contribution in [2.24, 2.45) is 0 Å². The highest BCUT2D eigenvalue weighted by Crippen LogP contribution is 2.28. The zero-order valence-corrected chi connectivity index (χ0v) is 16.2. The quantitative estimate of drug-likeness (QED) is 0.698. The Labute approximate surface area is 168 Å². The van der Waals surface area contributed by atoms with Gasteiger partial charge in [-0.15, -0.1) is 0 Å². The van der Waals surface area contributed by atoms with E-state index in [1.165, 1.54) is 0 Å². The van der Waals surface area contributed by atoms with Crippen molar-refractivity contribution >= 4 is 22.9 Å². The van der Waals surface area contributed by atoms with E-state index in [4.69, 9.17) is 19.4 Å². The molecular weight excluding hydrogens is 372 g/mol. The summed E-state index contributed by atoms with van der Waals surface area (Å²) in [5.41, 5.74) is 3.30. The number of ether oxygens (including phenoxy) is 2. The predicted molar refractivity (Wildman–Crippen MR) is 109 cm³/mol. The summed E-state index contributed by atoms with van der Waals surface area (Å²) in [4.78, 5) is 18.8. The molecule has 0 radical (unpaired) electrons. The summed E-state index contributed by atoms with van der Waals surface area (Å²) in [5.74, 6) is 1.54. The molecule has 9 nitrogen and oxygen atoms in total. The van der Waals surface area contributed by atoms with Crippen LogP contribution in [-0.2, 0) is 16.1 Å². The van der Waals surface area contributed by atoms with Crippen LogP contribution in [0, 0.1) is 0 Å². The fourth-order valence-electron chi connectivity index (χ4n) is 3.77. The van der Waals surface area contributed by atoms with Gasteiger partial charge in [-0.3, -0.25) is 4.57 Å². The molecule has 0 atom stereocenters. The second-order valence-corrected chi connectivity index (χ2v) is 7.16. The van der Waals surface area contributed by atoms with Crippen LogP contribution in [0.5, 0.6) is 0 Å². The van der Waals surface area contributed by atoms with Crippen molar-refractivity contribution in [3.8, 4) is 5.69 Å². The highest BCUT2D eigenvalue weighted by Gasteiger charge is 2.23. The molecule has 152 valence electrons. The van der Waals surface area contributed by atoms with Crippen LogP contribution >= 0.6 is 0 Å². The van der Waals surface area contributed by atoms with Crippen molar-refractivity contribution < 1.29 is 14.6 Å². The highest BCUT2D eigenvalue weighted by molar-refractivity contribution is 5.86. The first-order valence-corrected chi connectivity index (χ1v) is 9.94. The minimum Gasteiger partial charge on any atom is -0.392 e. The average molecular weight is 396 g/mol. The highest BCUT2D eigenvalue weighted by atomic mass is 16.5. The molecule has 2 fully saturated rings. The van der Waals surface area contributed by atoms with Gasteiger partial charge in [-0.05, 0) is 17.7 Å². The molecule has 2 aromatic heterocycles. The van der Waals surface area contributed by atoms with Crippen molar-refractivity contribution in [3.05, 3.63) is 36.2 Å². The van der Waals surface area contributed by atoms with Gasteiger partial charge < -0.3 is 24.4 Å². The van der Waals surface area contributed by atoms with Crippen LogP contribution in [0.2, 0.25) is 0 Å². The number of nitrogens with zero attached hydrogens (tertiary/aromatic N) is 6. The second kappa shape index (κ2) is 7.94. The third-order valence-corrected chi connectivity index (χ3v) is 5.34. The van der Waals surface area contributed by atoms with Crippen LogP contribution in [0.25, 0.3) is 16.9 Å². The number of imidazole rings is 1. The van der Waals surface area contributed by atoms with Crippen molar-refractivity contribution in [1.82, 2.24) is 19.5 Å². The number of hydrogen-bond acceptors (Lipinski definition) is 8. The van der Waals surface area contributed by atoms with E-state index in [1.54, 1.807) is 6.33 Å². The fraction of sp³-hybridized carbons (Fsp3) is 0.450. The van der Waals surface area contributed by atoms with Crippen molar-refractivity contribution in [1.29, 1.82) is 0 Å². The van der Waals surface area contributed by atoms with E-state index in [2.05, 4.69) is 14.8 Å². The van der Waals surface area contributed by atoms with Crippen LogP contribution in [0.3, 0.4) is 0 Å². The van der Waals surface area contributed by atoms with Gasteiger partial charge in [-0.1, -0.05) is 12.1 Å². The van der Waals surface area contributed by atoms with Gasteiger partial charge in [-0.2, -0.15) is 9.97 Å². The number of aliphatic hydroxyl groups is 1. The molecular formula is C20H24N6O3. The summed E-state index contributed by atoms with van der Waals surface area (Å²) in [6, 6.07) is 7.77. The van der Waals surface area contributed by atoms with Gasteiger partial charge in [0.1, 0.15) is 6.33 Å². The molecule has 3 aromatic rings. The lowest BCUT2D eigenvalue weighted by Crippen LogP contribution is -2.39. The first kappa shape index (κ1) is 18.3. The van der Waals surface area contributed by atoms with Gasteiger partial charge in [0.05, 0.1) is 33.0 Å². The van der Waals surface area contributed by atoms with Gasteiger partial charge in [0.15, 0.2) is 17.0 Å². The second-order valence-electron chi connectivity index (χ2n) is 7.16. The number of morpholine rings is 2. The summed E-state index contributed by atoms with van der Waals surface area (Å²) >= 11 is 0. The maximum atomic E-state index is 9.51. The Morgan fingerprint density at radius 3 is 2.38 bits per heavy atom. The molecule has 1 aromatic carbocycles. The molecule has 29 heavy (non-hydrogen) atoms. The van der Waals surface area contributed by atoms with Gasteiger partial charge in [0.2, 0.25) is 5.95 Å². The zero-order chi connectivity index (χ0) is 19.6. The summed E-state index contributed by atoms with van der Waals surface area (Å²) in [6.45, 7) is 5.79. The Hall–Kier alpha value is -2.75. The van der Waals surface area contributed by atoms with Crippen LogP contribution in [-0.4, -0.2) is 77.2 Å². The molecule has 0 amide bonds. The number of benzene rings is 1. The van der Waals surface area contributed by atoms with E-state index in [0.29, 0.717) is 32.4 Å². The molecule has 5 rings (SSSR count). The topological polar surface area (TPSA) is 88.8 Å². The minimum atomic E-state index is -0.00644. The van der Waals surface area contributed by atoms with E-state index in [0.717, 1.165) is 54.4 Å². The Bertz CT molecular complexity index is 995. The maximum Gasteiger partial charge on any atom is 0.229 e. The van der Waals surface area contributed by atoms with E-state index >= 15 is 0 Å². The Kier molecular flexibility index (Phi) is 5.01. The molecule has 9 heteroatoms. The van der Waals surface area contributed by atoms with Gasteiger partial charge >= 0.3 is 0 Å². The smallest absolute Gasteiger partial charge is 0.229 e. The summed E-state index contributed by atoms with van der Waals surface area (Å²) in [6.07, 6.45) is 1.78. The SMILES string of the molecule is OCc1cccc(-n2cnc3c(N4CCOCC4)nc(N4CCOCC4)nc32)c1. The fourth-order valence-corrected chi connectivity index (χ4v) is 3.77. The summed E-state index contributed by atoms with van der Waals surface area (Å²) in [7, 11) is 0. The van der Waals surface area contributed by atoms with Gasteiger partial charge in [0.25, 0.3) is 0 Å².